The quantitative estimate of drug-likeness (QED) is 0.547. The molecule has 0 radical (unpaired) electrons. The third-order valence-electron chi connectivity index (χ3n) is 4.55. The second kappa shape index (κ2) is 9.23. The van der Waals surface area contributed by atoms with Gasteiger partial charge in [0, 0.05) is 11.4 Å². The number of aryl methyl sites for hydroxylation is 2. The summed E-state index contributed by atoms with van der Waals surface area (Å²) in [6.07, 6.45) is 0. The van der Waals surface area contributed by atoms with Gasteiger partial charge < -0.3 is 9.47 Å². The van der Waals surface area contributed by atoms with Gasteiger partial charge in [0.25, 0.3) is 10.0 Å². The number of benzene rings is 1. The van der Waals surface area contributed by atoms with Crippen LogP contribution in [0.4, 0.5) is 0 Å². The zero-order chi connectivity index (χ0) is 21.7. The molecule has 158 valence electrons. The van der Waals surface area contributed by atoms with Crippen LogP contribution in [0.2, 0.25) is 0 Å². The van der Waals surface area contributed by atoms with Gasteiger partial charge in [0.1, 0.15) is 11.5 Å². The van der Waals surface area contributed by atoms with Gasteiger partial charge in [-0.25, -0.2) is 8.42 Å². The minimum Gasteiger partial charge on any atom is -0.495 e. The topological polar surface area (TPSA) is 81.6 Å². The molecule has 0 saturated carbocycles. The zero-order valence-corrected chi connectivity index (χ0v) is 18.3. The fourth-order valence-corrected chi connectivity index (χ4v) is 4.84. The third kappa shape index (κ3) is 4.77. The molecule has 8 heteroatoms. The minimum absolute atomic E-state index is 0.0182. The second-order valence-corrected chi connectivity index (χ2v) is 8.68. The summed E-state index contributed by atoms with van der Waals surface area (Å²) >= 11 is 0. The van der Waals surface area contributed by atoms with Gasteiger partial charge in [0.15, 0.2) is 4.90 Å². The van der Waals surface area contributed by atoms with Crippen molar-refractivity contribution in [2.45, 2.75) is 31.8 Å². The Bertz CT molecular complexity index is 1060. The van der Waals surface area contributed by atoms with Crippen LogP contribution >= 0.6 is 0 Å². The van der Waals surface area contributed by atoms with E-state index in [1.165, 1.54) is 18.5 Å². The van der Waals surface area contributed by atoms with E-state index in [1.807, 2.05) is 38.1 Å². The van der Waals surface area contributed by atoms with Crippen molar-refractivity contribution >= 4 is 10.0 Å². The molecule has 2 aromatic heterocycles. The van der Waals surface area contributed by atoms with E-state index in [-0.39, 0.29) is 29.5 Å². The predicted octanol–water partition coefficient (Wildman–Crippen LogP) is 3.50. The number of ether oxygens (including phenoxy) is 2. The van der Waals surface area contributed by atoms with Gasteiger partial charge in [-0.3, -0.25) is 9.97 Å². The molecule has 7 nitrogen and oxygen atoms in total. The molecule has 1 aromatic carbocycles. The van der Waals surface area contributed by atoms with Gasteiger partial charge in [-0.05, 0) is 50.2 Å². The summed E-state index contributed by atoms with van der Waals surface area (Å²) in [5.74, 6) is 0.433. The summed E-state index contributed by atoms with van der Waals surface area (Å²) in [5.41, 5.74) is 2.90. The van der Waals surface area contributed by atoms with E-state index in [2.05, 4.69) is 9.97 Å². The van der Waals surface area contributed by atoms with Crippen LogP contribution in [-0.4, -0.2) is 36.9 Å². The van der Waals surface area contributed by atoms with E-state index >= 15 is 0 Å². The second-order valence-electron chi connectivity index (χ2n) is 6.81. The van der Waals surface area contributed by atoms with Gasteiger partial charge >= 0.3 is 0 Å². The molecule has 0 saturated heterocycles. The number of sulfonamides is 1. The van der Waals surface area contributed by atoms with Gasteiger partial charge in [-0.1, -0.05) is 18.2 Å². The number of pyridine rings is 2. The number of nitrogens with zero attached hydrogens (tertiary/aromatic N) is 3. The number of rotatable bonds is 8. The summed E-state index contributed by atoms with van der Waals surface area (Å²) in [6, 6.07) is 15.9. The zero-order valence-electron chi connectivity index (χ0n) is 17.5. The molecule has 0 bridgehead atoms. The van der Waals surface area contributed by atoms with E-state index in [4.69, 9.17) is 9.47 Å². The van der Waals surface area contributed by atoms with Gasteiger partial charge in [0.05, 0.1) is 38.7 Å². The molecule has 0 N–H and O–H groups in total. The highest BCUT2D eigenvalue weighted by Crippen LogP contribution is 2.36. The first-order valence-corrected chi connectivity index (χ1v) is 10.9. The van der Waals surface area contributed by atoms with Crippen molar-refractivity contribution in [3.63, 3.8) is 0 Å². The highest BCUT2D eigenvalue weighted by atomic mass is 32.2. The monoisotopic (exact) mass is 427 g/mol. The maximum absolute atomic E-state index is 13.8. The van der Waals surface area contributed by atoms with Gasteiger partial charge in [-0.15, -0.1) is 0 Å². The van der Waals surface area contributed by atoms with Crippen LogP contribution in [0.25, 0.3) is 0 Å². The number of hydrogen-bond donors (Lipinski definition) is 0. The van der Waals surface area contributed by atoms with Gasteiger partial charge in [0.2, 0.25) is 0 Å². The fourth-order valence-electron chi connectivity index (χ4n) is 3.16. The van der Waals surface area contributed by atoms with Crippen molar-refractivity contribution in [2.75, 3.05) is 14.2 Å². The van der Waals surface area contributed by atoms with Crippen molar-refractivity contribution in [3.05, 3.63) is 77.4 Å². The summed E-state index contributed by atoms with van der Waals surface area (Å²) in [6.45, 7) is 3.91. The number of methoxy groups -OCH3 is 2. The standard InChI is InChI=1S/C22H25N3O4S/c1-16-8-5-10-18(23-16)14-25(15-19-11-6-9-17(2)24-19)30(26,27)22-20(28-3)12-7-13-21(22)29-4/h5-13H,14-15H2,1-4H3. The highest BCUT2D eigenvalue weighted by molar-refractivity contribution is 7.89. The molecule has 0 amide bonds. The highest BCUT2D eigenvalue weighted by Gasteiger charge is 2.32. The number of aromatic nitrogens is 2. The third-order valence-corrected chi connectivity index (χ3v) is 6.41. The van der Waals surface area contributed by atoms with Crippen LogP contribution in [0.5, 0.6) is 11.5 Å². The van der Waals surface area contributed by atoms with Crippen molar-refractivity contribution in [1.82, 2.24) is 14.3 Å². The molecule has 0 atom stereocenters. The Morgan fingerprint density at radius 3 is 1.60 bits per heavy atom. The molecular formula is C22H25N3O4S. The summed E-state index contributed by atoms with van der Waals surface area (Å²) in [7, 11) is -1.14. The van der Waals surface area contributed by atoms with Crippen molar-refractivity contribution in [3.8, 4) is 11.5 Å². The Morgan fingerprint density at radius 1 is 0.767 bits per heavy atom. The molecule has 0 unspecified atom stereocenters. The molecule has 3 aromatic rings. The van der Waals surface area contributed by atoms with Crippen molar-refractivity contribution < 1.29 is 17.9 Å². The maximum Gasteiger partial charge on any atom is 0.251 e. The lowest BCUT2D eigenvalue weighted by molar-refractivity contribution is 0.357. The van der Waals surface area contributed by atoms with Crippen LogP contribution in [0.1, 0.15) is 22.8 Å². The lowest BCUT2D eigenvalue weighted by Gasteiger charge is -2.24. The Hall–Kier alpha value is -2.97. The molecule has 0 fully saturated rings. The Morgan fingerprint density at radius 2 is 1.20 bits per heavy atom. The first-order chi connectivity index (χ1) is 14.3. The largest absolute Gasteiger partial charge is 0.495 e. The van der Waals surface area contributed by atoms with Crippen molar-refractivity contribution in [1.29, 1.82) is 0 Å². The molecular weight excluding hydrogens is 402 g/mol. The lowest BCUT2D eigenvalue weighted by atomic mass is 10.3. The average Bonchev–Trinajstić information content (AvgIpc) is 2.72. The van der Waals surface area contributed by atoms with Crippen LogP contribution in [0.3, 0.4) is 0 Å². The molecule has 0 aliphatic rings. The minimum atomic E-state index is -4.01. The SMILES string of the molecule is COc1cccc(OC)c1S(=O)(=O)N(Cc1cccc(C)n1)Cc1cccc(C)n1. The first kappa shape index (κ1) is 21.7. The van der Waals surface area contributed by atoms with Gasteiger partial charge in [-0.2, -0.15) is 4.31 Å². The van der Waals surface area contributed by atoms with Crippen LogP contribution < -0.4 is 9.47 Å². The molecule has 0 spiro atoms. The van der Waals surface area contributed by atoms with Crippen LogP contribution in [0, 0.1) is 13.8 Å². The van der Waals surface area contributed by atoms with E-state index in [0.29, 0.717) is 11.4 Å². The van der Waals surface area contributed by atoms with E-state index < -0.39 is 10.0 Å². The van der Waals surface area contributed by atoms with Crippen LogP contribution in [-0.2, 0) is 23.1 Å². The number of hydrogen-bond acceptors (Lipinski definition) is 6. The summed E-state index contributed by atoms with van der Waals surface area (Å²) < 4.78 is 39.6. The fraction of sp³-hybridized carbons (Fsp3) is 0.273. The smallest absolute Gasteiger partial charge is 0.251 e. The predicted molar refractivity (Wildman–Crippen MR) is 114 cm³/mol. The summed E-state index contributed by atoms with van der Waals surface area (Å²) in [4.78, 5) is 8.93. The molecule has 3 rings (SSSR count). The molecule has 0 aliphatic heterocycles. The Kier molecular flexibility index (Phi) is 6.69. The lowest BCUT2D eigenvalue weighted by Crippen LogP contribution is -2.31. The molecule has 2 heterocycles. The van der Waals surface area contributed by atoms with E-state index in [9.17, 15) is 8.42 Å². The Balaban J connectivity index is 2.11. The normalized spacial score (nSPS) is 11.5. The average molecular weight is 428 g/mol. The summed E-state index contributed by atoms with van der Waals surface area (Å²) in [5, 5.41) is 0. The molecule has 30 heavy (non-hydrogen) atoms. The maximum atomic E-state index is 13.8. The Labute approximate surface area is 177 Å². The van der Waals surface area contributed by atoms with Crippen LogP contribution in [0.15, 0.2) is 59.5 Å². The first-order valence-electron chi connectivity index (χ1n) is 9.41. The van der Waals surface area contributed by atoms with E-state index in [0.717, 1.165) is 11.4 Å². The molecule has 0 aliphatic carbocycles. The van der Waals surface area contributed by atoms with E-state index in [1.54, 1.807) is 30.3 Å². The van der Waals surface area contributed by atoms with Crippen molar-refractivity contribution in [2.24, 2.45) is 0 Å².